The van der Waals surface area contributed by atoms with Gasteiger partial charge < -0.3 is 9.47 Å². The molecule has 1 aliphatic carbocycles. The second-order valence-electron chi connectivity index (χ2n) is 5.23. The standard InChI is InChI=1S/C14H21BrN2OS/c1-10(6-7-19-3)16(2)14(18)13-8-11(15)9-17(13)12-4-5-12/h8-10,12H,4-7H2,1-3H3. The van der Waals surface area contributed by atoms with Crippen molar-refractivity contribution in [3.8, 4) is 0 Å². The Hall–Kier alpha value is -0.420. The molecule has 19 heavy (non-hydrogen) atoms. The average molecular weight is 345 g/mol. The first-order valence-corrected chi connectivity index (χ1v) is 8.86. The van der Waals surface area contributed by atoms with Gasteiger partial charge in [0.2, 0.25) is 0 Å². The number of carbonyl (C=O) groups is 1. The molecule has 1 heterocycles. The Labute approximate surface area is 127 Å². The number of hydrogen-bond acceptors (Lipinski definition) is 2. The zero-order valence-corrected chi connectivity index (χ0v) is 14.1. The van der Waals surface area contributed by atoms with Gasteiger partial charge >= 0.3 is 0 Å². The molecule has 1 unspecified atom stereocenters. The van der Waals surface area contributed by atoms with Gasteiger partial charge in [-0.3, -0.25) is 4.79 Å². The van der Waals surface area contributed by atoms with E-state index in [1.165, 1.54) is 12.8 Å². The van der Waals surface area contributed by atoms with Gasteiger partial charge in [-0.05, 0) is 60.2 Å². The predicted molar refractivity (Wildman–Crippen MR) is 85.0 cm³/mol. The van der Waals surface area contributed by atoms with Crippen LogP contribution in [0.25, 0.3) is 0 Å². The van der Waals surface area contributed by atoms with Crippen molar-refractivity contribution in [1.29, 1.82) is 0 Å². The Bertz CT molecular complexity index is 456. The number of aromatic nitrogens is 1. The maximum absolute atomic E-state index is 12.6. The highest BCUT2D eigenvalue weighted by atomic mass is 79.9. The van der Waals surface area contributed by atoms with E-state index in [1.807, 2.05) is 36.0 Å². The lowest BCUT2D eigenvalue weighted by atomic mass is 10.2. The molecule has 1 aromatic heterocycles. The molecule has 3 nitrogen and oxygen atoms in total. The average Bonchev–Trinajstić information content (AvgIpc) is 3.17. The Morgan fingerprint density at radius 1 is 1.63 bits per heavy atom. The molecular weight excluding hydrogens is 324 g/mol. The lowest BCUT2D eigenvalue weighted by Gasteiger charge is -2.25. The summed E-state index contributed by atoms with van der Waals surface area (Å²) in [6.45, 7) is 2.12. The summed E-state index contributed by atoms with van der Waals surface area (Å²) in [5, 5.41) is 0. The third-order valence-electron chi connectivity index (χ3n) is 3.70. The number of nitrogens with zero attached hydrogens (tertiary/aromatic N) is 2. The first-order chi connectivity index (χ1) is 9.04. The third kappa shape index (κ3) is 3.57. The van der Waals surface area contributed by atoms with Crippen molar-refractivity contribution < 1.29 is 4.79 Å². The van der Waals surface area contributed by atoms with Gasteiger partial charge in [0.25, 0.3) is 5.91 Å². The van der Waals surface area contributed by atoms with Crippen LogP contribution >= 0.6 is 27.7 Å². The molecule has 2 rings (SSSR count). The Kier molecular flexibility index (Phi) is 5.01. The van der Waals surface area contributed by atoms with E-state index in [0.717, 1.165) is 22.3 Å². The van der Waals surface area contributed by atoms with E-state index in [1.54, 1.807) is 0 Å². The highest BCUT2D eigenvalue weighted by molar-refractivity contribution is 9.10. The molecule has 1 aliphatic rings. The van der Waals surface area contributed by atoms with Gasteiger partial charge in [-0.2, -0.15) is 11.8 Å². The molecule has 1 saturated carbocycles. The number of amides is 1. The fourth-order valence-electron chi connectivity index (χ4n) is 2.13. The fourth-order valence-corrected chi connectivity index (χ4v) is 3.15. The zero-order chi connectivity index (χ0) is 14.0. The lowest BCUT2D eigenvalue weighted by Crippen LogP contribution is -2.36. The largest absolute Gasteiger partial charge is 0.339 e. The van der Waals surface area contributed by atoms with Crippen molar-refractivity contribution in [3.05, 3.63) is 22.4 Å². The molecule has 5 heteroatoms. The minimum absolute atomic E-state index is 0.131. The molecule has 0 spiro atoms. The number of thioether (sulfide) groups is 1. The van der Waals surface area contributed by atoms with Crippen LogP contribution < -0.4 is 0 Å². The van der Waals surface area contributed by atoms with E-state index in [4.69, 9.17) is 0 Å². The highest BCUT2D eigenvalue weighted by Crippen LogP contribution is 2.37. The Balaban J connectivity index is 2.10. The molecule has 0 N–H and O–H groups in total. The molecule has 0 aliphatic heterocycles. The number of carbonyl (C=O) groups excluding carboxylic acids is 1. The third-order valence-corrected chi connectivity index (χ3v) is 4.77. The highest BCUT2D eigenvalue weighted by Gasteiger charge is 2.29. The van der Waals surface area contributed by atoms with Crippen LogP contribution in [0, 0.1) is 0 Å². The fraction of sp³-hybridized carbons (Fsp3) is 0.643. The minimum atomic E-state index is 0.131. The van der Waals surface area contributed by atoms with Crippen molar-refractivity contribution in [2.24, 2.45) is 0 Å². The molecular formula is C14H21BrN2OS. The van der Waals surface area contributed by atoms with Crippen LogP contribution in [0.1, 0.15) is 42.7 Å². The van der Waals surface area contributed by atoms with Crippen LogP contribution in [-0.2, 0) is 0 Å². The minimum Gasteiger partial charge on any atom is -0.339 e. The van der Waals surface area contributed by atoms with Gasteiger partial charge in [-0.25, -0.2) is 0 Å². The van der Waals surface area contributed by atoms with Crippen molar-refractivity contribution in [1.82, 2.24) is 9.47 Å². The quantitative estimate of drug-likeness (QED) is 0.784. The van der Waals surface area contributed by atoms with Crippen molar-refractivity contribution in [2.75, 3.05) is 19.1 Å². The summed E-state index contributed by atoms with van der Waals surface area (Å²) in [7, 11) is 1.91. The van der Waals surface area contributed by atoms with E-state index < -0.39 is 0 Å². The summed E-state index contributed by atoms with van der Waals surface area (Å²) < 4.78 is 3.12. The van der Waals surface area contributed by atoms with Crippen LogP contribution in [0.3, 0.4) is 0 Å². The molecule has 0 radical (unpaired) electrons. The zero-order valence-electron chi connectivity index (χ0n) is 11.7. The van der Waals surface area contributed by atoms with Crippen molar-refractivity contribution in [2.45, 2.75) is 38.3 Å². The van der Waals surface area contributed by atoms with E-state index in [9.17, 15) is 4.79 Å². The van der Waals surface area contributed by atoms with E-state index in [2.05, 4.69) is 33.7 Å². The van der Waals surface area contributed by atoms with E-state index in [0.29, 0.717) is 6.04 Å². The molecule has 1 fully saturated rings. The normalized spacial score (nSPS) is 16.4. The van der Waals surface area contributed by atoms with Crippen molar-refractivity contribution >= 4 is 33.6 Å². The van der Waals surface area contributed by atoms with Crippen LogP contribution in [0.4, 0.5) is 0 Å². The molecule has 1 atom stereocenters. The van der Waals surface area contributed by atoms with Gasteiger partial charge in [0, 0.05) is 29.8 Å². The van der Waals surface area contributed by atoms with Crippen molar-refractivity contribution in [3.63, 3.8) is 0 Å². The van der Waals surface area contributed by atoms with E-state index >= 15 is 0 Å². The van der Waals surface area contributed by atoms with Crippen LogP contribution in [0.2, 0.25) is 0 Å². The van der Waals surface area contributed by atoms with E-state index in [-0.39, 0.29) is 11.9 Å². The molecule has 106 valence electrons. The molecule has 1 amide bonds. The molecule has 0 bridgehead atoms. The number of hydrogen-bond donors (Lipinski definition) is 0. The second-order valence-corrected chi connectivity index (χ2v) is 7.13. The van der Waals surface area contributed by atoms with Gasteiger partial charge in [0.05, 0.1) is 0 Å². The molecule has 1 aromatic rings. The first-order valence-electron chi connectivity index (χ1n) is 6.68. The first kappa shape index (κ1) is 15.0. The second kappa shape index (κ2) is 6.35. The smallest absolute Gasteiger partial charge is 0.270 e. The lowest BCUT2D eigenvalue weighted by molar-refractivity contribution is 0.0730. The van der Waals surface area contributed by atoms with Crippen LogP contribution in [0.5, 0.6) is 0 Å². The predicted octanol–water partition coefficient (Wildman–Crippen LogP) is 3.80. The summed E-state index contributed by atoms with van der Waals surface area (Å²) in [5.74, 6) is 1.22. The topological polar surface area (TPSA) is 25.2 Å². The van der Waals surface area contributed by atoms with Gasteiger partial charge in [-0.1, -0.05) is 0 Å². The number of rotatable bonds is 6. The van der Waals surface area contributed by atoms with Gasteiger partial charge in [0.15, 0.2) is 0 Å². The molecule has 0 saturated heterocycles. The SMILES string of the molecule is CSCCC(C)N(C)C(=O)c1cc(Br)cn1C1CC1. The number of halogens is 1. The maximum atomic E-state index is 12.6. The summed E-state index contributed by atoms with van der Waals surface area (Å²) in [6.07, 6.45) is 7.55. The summed E-state index contributed by atoms with van der Waals surface area (Å²) >= 11 is 5.31. The van der Waals surface area contributed by atoms with Crippen LogP contribution in [-0.4, -0.2) is 40.5 Å². The summed E-state index contributed by atoms with van der Waals surface area (Å²) in [6, 6.07) is 2.75. The van der Waals surface area contributed by atoms with Crippen LogP contribution in [0.15, 0.2) is 16.7 Å². The van der Waals surface area contributed by atoms with Gasteiger partial charge in [0.1, 0.15) is 5.69 Å². The Morgan fingerprint density at radius 2 is 2.32 bits per heavy atom. The summed E-state index contributed by atoms with van der Waals surface area (Å²) in [4.78, 5) is 14.5. The van der Waals surface area contributed by atoms with Gasteiger partial charge in [-0.15, -0.1) is 0 Å². The molecule has 0 aromatic carbocycles. The summed E-state index contributed by atoms with van der Waals surface area (Å²) in [5.41, 5.74) is 0.813. The maximum Gasteiger partial charge on any atom is 0.270 e. The Morgan fingerprint density at radius 3 is 2.89 bits per heavy atom. The monoisotopic (exact) mass is 344 g/mol.